The highest BCUT2D eigenvalue weighted by molar-refractivity contribution is 7.15. The van der Waals surface area contributed by atoms with Gasteiger partial charge in [-0.3, -0.25) is 0 Å². The first-order chi connectivity index (χ1) is 12.0. The van der Waals surface area contributed by atoms with Crippen LogP contribution < -0.4 is 0 Å². The molecule has 1 aromatic carbocycles. The van der Waals surface area contributed by atoms with Crippen molar-refractivity contribution in [3.05, 3.63) is 40.4 Å². The second-order valence-corrected chi connectivity index (χ2v) is 8.52. The van der Waals surface area contributed by atoms with Gasteiger partial charge >= 0.3 is 6.18 Å². The van der Waals surface area contributed by atoms with Crippen molar-refractivity contribution in [1.29, 1.82) is 0 Å². The summed E-state index contributed by atoms with van der Waals surface area (Å²) in [4.78, 5) is 6.10. The molecule has 1 unspecified atom stereocenters. The maximum atomic E-state index is 12.7. The van der Waals surface area contributed by atoms with E-state index < -0.39 is 11.7 Å². The second kappa shape index (κ2) is 6.75. The van der Waals surface area contributed by atoms with E-state index in [2.05, 4.69) is 0 Å². The van der Waals surface area contributed by atoms with E-state index in [1.54, 1.807) is 23.5 Å². The van der Waals surface area contributed by atoms with Gasteiger partial charge in [0.05, 0.1) is 11.3 Å². The molecule has 1 saturated carbocycles. The fourth-order valence-electron chi connectivity index (χ4n) is 3.96. The molecule has 0 radical (unpaired) electrons. The average molecular weight is 365 g/mol. The molecule has 0 amide bonds. The maximum absolute atomic E-state index is 12.7. The van der Waals surface area contributed by atoms with Crippen LogP contribution in [0.1, 0.15) is 54.7 Å². The monoisotopic (exact) mass is 365 g/mol. The lowest BCUT2D eigenvalue weighted by atomic mass is 9.77. The van der Waals surface area contributed by atoms with Crippen LogP contribution in [0.3, 0.4) is 0 Å². The number of hydrogen-bond acceptors (Lipinski definition) is 2. The van der Waals surface area contributed by atoms with E-state index in [-0.39, 0.29) is 0 Å². The number of fused-ring (bicyclic) bond motifs is 1. The molecule has 0 bridgehead atoms. The van der Waals surface area contributed by atoms with Crippen molar-refractivity contribution in [2.24, 2.45) is 11.8 Å². The SMILES string of the molecule is FC(F)(F)c1ccc(-c2nc3c(s2)CCC(CC2CCC2)CC3)cc1. The Bertz CT molecular complexity index is 703. The Balaban J connectivity index is 1.45. The predicted octanol–water partition coefficient (Wildman–Crippen LogP) is 6.51. The molecule has 25 heavy (non-hydrogen) atoms. The van der Waals surface area contributed by atoms with Crippen LogP contribution in [0.25, 0.3) is 10.6 Å². The topological polar surface area (TPSA) is 12.9 Å². The fraction of sp³-hybridized carbons (Fsp3) is 0.550. The third kappa shape index (κ3) is 3.76. The van der Waals surface area contributed by atoms with Crippen LogP contribution in [0.4, 0.5) is 13.2 Å². The summed E-state index contributed by atoms with van der Waals surface area (Å²) in [5.41, 5.74) is 1.36. The third-order valence-corrected chi connectivity index (χ3v) is 6.90. The lowest BCUT2D eigenvalue weighted by Gasteiger charge is -2.29. The van der Waals surface area contributed by atoms with E-state index in [1.807, 2.05) is 0 Å². The minimum Gasteiger partial charge on any atom is -0.241 e. The van der Waals surface area contributed by atoms with Crippen LogP contribution in [0.2, 0.25) is 0 Å². The van der Waals surface area contributed by atoms with E-state index in [1.165, 1.54) is 49.1 Å². The smallest absolute Gasteiger partial charge is 0.241 e. The molecule has 1 atom stereocenters. The number of nitrogens with zero attached hydrogens (tertiary/aromatic N) is 1. The first-order valence-electron chi connectivity index (χ1n) is 9.15. The van der Waals surface area contributed by atoms with Crippen LogP contribution in [0.5, 0.6) is 0 Å². The van der Waals surface area contributed by atoms with Gasteiger partial charge in [0.1, 0.15) is 5.01 Å². The van der Waals surface area contributed by atoms with Crippen LogP contribution in [-0.2, 0) is 19.0 Å². The highest BCUT2D eigenvalue weighted by Gasteiger charge is 2.30. The zero-order valence-electron chi connectivity index (χ0n) is 14.1. The molecule has 2 aliphatic rings. The molecule has 0 spiro atoms. The van der Waals surface area contributed by atoms with Gasteiger partial charge in [0.2, 0.25) is 0 Å². The van der Waals surface area contributed by atoms with E-state index in [4.69, 9.17) is 4.98 Å². The summed E-state index contributed by atoms with van der Waals surface area (Å²) in [5, 5.41) is 0.858. The number of thiazole rings is 1. The molecule has 5 heteroatoms. The van der Waals surface area contributed by atoms with Crippen LogP contribution in [0, 0.1) is 11.8 Å². The van der Waals surface area contributed by atoms with Gasteiger partial charge in [-0.2, -0.15) is 13.2 Å². The molecule has 2 aliphatic carbocycles. The minimum atomic E-state index is -4.28. The van der Waals surface area contributed by atoms with Crippen LogP contribution >= 0.6 is 11.3 Å². The van der Waals surface area contributed by atoms with E-state index >= 15 is 0 Å². The zero-order chi connectivity index (χ0) is 17.4. The molecule has 0 saturated heterocycles. The molecular formula is C20H22F3NS. The van der Waals surface area contributed by atoms with E-state index in [0.29, 0.717) is 0 Å². The zero-order valence-corrected chi connectivity index (χ0v) is 14.9. The van der Waals surface area contributed by atoms with Gasteiger partial charge in [0.15, 0.2) is 0 Å². The van der Waals surface area contributed by atoms with E-state index in [9.17, 15) is 13.2 Å². The lowest BCUT2D eigenvalue weighted by Crippen LogP contribution is -2.16. The number of aryl methyl sites for hydroxylation is 2. The summed E-state index contributed by atoms with van der Waals surface area (Å²) in [6.45, 7) is 0. The molecule has 0 aliphatic heterocycles. The number of hydrogen-bond donors (Lipinski definition) is 0. The fourth-order valence-corrected chi connectivity index (χ4v) is 5.08. The highest BCUT2D eigenvalue weighted by Crippen LogP contribution is 2.39. The van der Waals surface area contributed by atoms with Crippen molar-refractivity contribution >= 4 is 11.3 Å². The second-order valence-electron chi connectivity index (χ2n) is 7.44. The number of aromatic nitrogens is 1. The molecular weight excluding hydrogens is 343 g/mol. The van der Waals surface area contributed by atoms with E-state index in [0.717, 1.165) is 47.4 Å². The number of alkyl halides is 3. The van der Waals surface area contributed by atoms with Gasteiger partial charge in [-0.25, -0.2) is 4.98 Å². The van der Waals surface area contributed by atoms with Gasteiger partial charge in [0.25, 0.3) is 0 Å². The highest BCUT2D eigenvalue weighted by atomic mass is 32.1. The Morgan fingerprint density at radius 3 is 2.28 bits per heavy atom. The minimum absolute atomic E-state index is 0.604. The van der Waals surface area contributed by atoms with Crippen molar-refractivity contribution in [1.82, 2.24) is 4.98 Å². The van der Waals surface area contributed by atoms with Crippen molar-refractivity contribution in [3.8, 4) is 10.6 Å². The van der Waals surface area contributed by atoms with Crippen molar-refractivity contribution in [2.75, 3.05) is 0 Å². The van der Waals surface area contributed by atoms with Gasteiger partial charge in [-0.15, -0.1) is 11.3 Å². The Morgan fingerprint density at radius 2 is 1.64 bits per heavy atom. The first-order valence-corrected chi connectivity index (χ1v) is 9.97. The quantitative estimate of drug-likeness (QED) is 0.565. The third-order valence-electron chi connectivity index (χ3n) is 5.70. The summed E-state index contributed by atoms with van der Waals surface area (Å²) in [6.07, 6.45) is 5.85. The van der Waals surface area contributed by atoms with Crippen molar-refractivity contribution in [3.63, 3.8) is 0 Å². The predicted molar refractivity (Wildman–Crippen MR) is 94.6 cm³/mol. The van der Waals surface area contributed by atoms with Crippen molar-refractivity contribution < 1.29 is 13.2 Å². The summed E-state index contributed by atoms with van der Waals surface area (Å²) in [6, 6.07) is 5.38. The summed E-state index contributed by atoms with van der Waals surface area (Å²) < 4.78 is 38.1. The molecule has 134 valence electrons. The standard InChI is InChI=1S/C20H22F3NS/c21-20(22,23)16-8-6-15(7-9-16)19-24-17-10-4-14(5-11-18(17)25-19)12-13-2-1-3-13/h6-9,13-14H,1-5,10-12H2. The lowest BCUT2D eigenvalue weighted by molar-refractivity contribution is -0.137. The normalized spacial score (nSPS) is 21.5. The molecule has 1 nitrogen and oxygen atoms in total. The van der Waals surface area contributed by atoms with Gasteiger partial charge in [-0.1, -0.05) is 31.4 Å². The summed E-state index contributed by atoms with van der Waals surface area (Å²) in [7, 11) is 0. The molecule has 4 rings (SSSR count). The van der Waals surface area contributed by atoms with Gasteiger partial charge in [0, 0.05) is 10.4 Å². The molecule has 1 heterocycles. The number of benzene rings is 1. The first kappa shape index (κ1) is 17.1. The number of halogens is 3. The number of rotatable bonds is 3. The van der Waals surface area contributed by atoms with Crippen molar-refractivity contribution in [2.45, 2.75) is 57.5 Å². The molecule has 2 aromatic rings. The maximum Gasteiger partial charge on any atom is 0.416 e. The Kier molecular flexibility index (Phi) is 4.61. The van der Waals surface area contributed by atoms with Gasteiger partial charge in [-0.05, 0) is 56.1 Å². The largest absolute Gasteiger partial charge is 0.416 e. The summed E-state index contributed by atoms with van der Waals surface area (Å²) in [5.74, 6) is 1.78. The Labute approximate surface area is 150 Å². The average Bonchev–Trinajstić information content (AvgIpc) is 2.86. The Morgan fingerprint density at radius 1 is 0.960 bits per heavy atom. The summed E-state index contributed by atoms with van der Waals surface area (Å²) >= 11 is 1.66. The van der Waals surface area contributed by atoms with Crippen LogP contribution in [-0.4, -0.2) is 4.98 Å². The molecule has 0 N–H and O–H groups in total. The molecule has 1 fully saturated rings. The van der Waals surface area contributed by atoms with Crippen LogP contribution in [0.15, 0.2) is 24.3 Å². The van der Waals surface area contributed by atoms with Gasteiger partial charge < -0.3 is 0 Å². The Hall–Kier alpha value is -1.36. The molecule has 1 aromatic heterocycles.